The topological polar surface area (TPSA) is 104 Å². The van der Waals surface area contributed by atoms with Crippen LogP contribution in [0.15, 0.2) is 45.3 Å². The number of halogens is 4. The summed E-state index contributed by atoms with van der Waals surface area (Å²) < 4.78 is 28.8. The minimum Gasteiger partial charge on any atom is -0.507 e. The van der Waals surface area contributed by atoms with Gasteiger partial charge in [-0.1, -0.05) is 31.9 Å². The molecule has 2 aromatic carbocycles. The van der Waals surface area contributed by atoms with Crippen molar-refractivity contribution in [1.29, 1.82) is 0 Å². The molecular formula is C15H10Br2F2O6. The SMILES string of the molecule is O=C(O)c1cc(Br)ccc1O.O=C(O)c1cc(Br)ccc1OC(F)F. The molecule has 0 aliphatic heterocycles. The van der Waals surface area contributed by atoms with E-state index in [1.807, 2.05) is 0 Å². The molecular weight excluding hydrogens is 474 g/mol. The zero-order chi connectivity index (χ0) is 19.1. The summed E-state index contributed by atoms with van der Waals surface area (Å²) in [7, 11) is 0. The van der Waals surface area contributed by atoms with Gasteiger partial charge in [-0.3, -0.25) is 0 Å². The van der Waals surface area contributed by atoms with Crippen LogP contribution in [0, 0.1) is 0 Å². The largest absolute Gasteiger partial charge is 0.507 e. The van der Waals surface area contributed by atoms with Crippen molar-refractivity contribution in [2.45, 2.75) is 6.61 Å². The summed E-state index contributed by atoms with van der Waals surface area (Å²) in [6.07, 6.45) is 0. The van der Waals surface area contributed by atoms with Crippen molar-refractivity contribution in [3.8, 4) is 11.5 Å². The summed E-state index contributed by atoms with van der Waals surface area (Å²) in [5, 5.41) is 26.2. The lowest BCUT2D eigenvalue weighted by Crippen LogP contribution is -2.07. The van der Waals surface area contributed by atoms with Crippen LogP contribution in [0.3, 0.4) is 0 Å². The number of aromatic hydroxyl groups is 1. The Kier molecular flexibility index (Phi) is 7.78. The molecule has 0 heterocycles. The van der Waals surface area contributed by atoms with E-state index in [0.717, 1.165) is 0 Å². The molecule has 0 unspecified atom stereocenters. The van der Waals surface area contributed by atoms with Gasteiger partial charge < -0.3 is 20.1 Å². The number of benzene rings is 2. The molecule has 0 atom stereocenters. The number of phenols is 1. The molecule has 0 radical (unpaired) electrons. The maximum absolute atomic E-state index is 11.8. The van der Waals surface area contributed by atoms with E-state index in [1.165, 1.54) is 30.3 Å². The van der Waals surface area contributed by atoms with Crippen LogP contribution in [0.4, 0.5) is 8.78 Å². The van der Waals surface area contributed by atoms with Gasteiger partial charge in [0.05, 0.1) is 0 Å². The monoisotopic (exact) mass is 482 g/mol. The molecule has 6 nitrogen and oxygen atoms in total. The average molecular weight is 484 g/mol. The van der Waals surface area contributed by atoms with E-state index >= 15 is 0 Å². The van der Waals surface area contributed by atoms with E-state index in [0.29, 0.717) is 8.95 Å². The molecule has 0 saturated heterocycles. The molecule has 3 N–H and O–H groups in total. The Labute approximate surface area is 156 Å². The minimum absolute atomic E-state index is 0.0978. The van der Waals surface area contributed by atoms with Gasteiger partial charge in [0.15, 0.2) is 0 Å². The van der Waals surface area contributed by atoms with E-state index in [4.69, 9.17) is 15.3 Å². The first kappa shape index (κ1) is 20.8. The Hall–Kier alpha value is -2.20. The minimum atomic E-state index is -3.03. The summed E-state index contributed by atoms with van der Waals surface area (Å²) in [4.78, 5) is 21.0. The van der Waals surface area contributed by atoms with E-state index in [2.05, 4.69) is 36.6 Å². The molecule has 0 amide bonds. The van der Waals surface area contributed by atoms with Gasteiger partial charge in [-0.05, 0) is 36.4 Å². The molecule has 0 aliphatic rings. The highest BCUT2D eigenvalue weighted by molar-refractivity contribution is 9.10. The Bertz CT molecular complexity index is 783. The molecule has 0 aromatic heterocycles. The summed E-state index contributed by atoms with van der Waals surface area (Å²) >= 11 is 6.11. The summed E-state index contributed by atoms with van der Waals surface area (Å²) in [6, 6.07) is 8.02. The molecule has 0 bridgehead atoms. The van der Waals surface area contributed by atoms with E-state index < -0.39 is 18.6 Å². The Balaban J connectivity index is 0.000000257. The first-order valence-electron chi connectivity index (χ1n) is 6.31. The first-order chi connectivity index (χ1) is 11.6. The molecule has 0 spiro atoms. The van der Waals surface area contributed by atoms with Crippen molar-refractivity contribution in [1.82, 2.24) is 0 Å². The van der Waals surface area contributed by atoms with Gasteiger partial charge >= 0.3 is 18.6 Å². The van der Waals surface area contributed by atoms with Crippen LogP contribution in [-0.2, 0) is 0 Å². The van der Waals surface area contributed by atoms with Crippen LogP contribution in [0.2, 0.25) is 0 Å². The third-order valence-electron chi connectivity index (χ3n) is 2.58. The van der Waals surface area contributed by atoms with Crippen LogP contribution in [0.1, 0.15) is 20.7 Å². The molecule has 134 valence electrons. The molecule has 0 aliphatic carbocycles. The van der Waals surface area contributed by atoms with Gasteiger partial charge in [0.25, 0.3) is 0 Å². The fraction of sp³-hybridized carbons (Fsp3) is 0.0667. The van der Waals surface area contributed by atoms with Gasteiger partial charge in [0.2, 0.25) is 0 Å². The van der Waals surface area contributed by atoms with Crippen molar-refractivity contribution >= 4 is 43.8 Å². The highest BCUT2D eigenvalue weighted by Crippen LogP contribution is 2.24. The van der Waals surface area contributed by atoms with Gasteiger partial charge in [-0.25, -0.2) is 9.59 Å². The third-order valence-corrected chi connectivity index (χ3v) is 3.56. The lowest BCUT2D eigenvalue weighted by atomic mass is 10.2. The van der Waals surface area contributed by atoms with Crippen LogP contribution in [-0.4, -0.2) is 33.9 Å². The molecule has 0 saturated carbocycles. The number of carboxylic acids is 2. The van der Waals surface area contributed by atoms with Crippen molar-refractivity contribution in [2.75, 3.05) is 0 Å². The summed E-state index contributed by atoms with van der Waals surface area (Å²) in [5.74, 6) is -3.03. The summed E-state index contributed by atoms with van der Waals surface area (Å²) in [6.45, 7) is -3.03. The maximum Gasteiger partial charge on any atom is 0.387 e. The number of carbonyl (C=O) groups is 2. The normalized spacial score (nSPS) is 9.96. The average Bonchev–Trinajstić information content (AvgIpc) is 2.51. The highest BCUT2D eigenvalue weighted by Gasteiger charge is 2.15. The smallest absolute Gasteiger partial charge is 0.387 e. The predicted molar refractivity (Wildman–Crippen MR) is 90.5 cm³/mol. The Morgan fingerprint density at radius 1 is 0.920 bits per heavy atom. The van der Waals surface area contributed by atoms with Crippen molar-refractivity contribution in [2.24, 2.45) is 0 Å². The zero-order valence-corrected chi connectivity index (χ0v) is 15.3. The van der Waals surface area contributed by atoms with E-state index in [1.54, 1.807) is 6.07 Å². The number of carboxylic acid groups (broad SMARTS) is 2. The molecule has 2 aromatic rings. The standard InChI is InChI=1S/C8H5BrF2O3.C7H5BrO3/c9-4-1-2-6(14-8(10)11)5(3-4)7(12)13;8-4-1-2-6(9)5(3-4)7(10)11/h1-3,8H,(H,12,13);1-3,9H,(H,10,11). The van der Waals surface area contributed by atoms with Crippen LogP contribution < -0.4 is 4.74 Å². The third kappa shape index (κ3) is 6.67. The lowest BCUT2D eigenvalue weighted by molar-refractivity contribution is -0.0503. The zero-order valence-electron chi connectivity index (χ0n) is 12.1. The molecule has 10 heteroatoms. The molecule has 2 rings (SSSR count). The van der Waals surface area contributed by atoms with Crippen molar-refractivity contribution < 1.29 is 38.4 Å². The second-order valence-corrected chi connectivity index (χ2v) is 6.12. The number of hydrogen-bond acceptors (Lipinski definition) is 4. The van der Waals surface area contributed by atoms with Crippen LogP contribution in [0.5, 0.6) is 11.5 Å². The first-order valence-corrected chi connectivity index (χ1v) is 7.90. The number of hydrogen-bond donors (Lipinski definition) is 3. The number of aromatic carboxylic acids is 2. The van der Waals surface area contributed by atoms with Gasteiger partial charge in [-0.15, -0.1) is 0 Å². The van der Waals surface area contributed by atoms with Gasteiger partial charge in [0, 0.05) is 8.95 Å². The quantitative estimate of drug-likeness (QED) is 0.587. The van der Waals surface area contributed by atoms with Crippen molar-refractivity contribution in [3.05, 3.63) is 56.5 Å². The van der Waals surface area contributed by atoms with Gasteiger partial charge in [0.1, 0.15) is 22.6 Å². The highest BCUT2D eigenvalue weighted by atomic mass is 79.9. The fourth-order valence-corrected chi connectivity index (χ4v) is 2.27. The number of ether oxygens (including phenoxy) is 1. The number of rotatable bonds is 4. The predicted octanol–water partition coefficient (Wildman–Crippen LogP) is 4.60. The maximum atomic E-state index is 11.8. The van der Waals surface area contributed by atoms with Crippen LogP contribution >= 0.6 is 31.9 Å². The second-order valence-electron chi connectivity index (χ2n) is 4.29. The molecule has 25 heavy (non-hydrogen) atoms. The second kappa shape index (κ2) is 9.33. The lowest BCUT2D eigenvalue weighted by Gasteiger charge is -2.07. The van der Waals surface area contributed by atoms with E-state index in [-0.39, 0.29) is 22.6 Å². The Morgan fingerprint density at radius 2 is 1.40 bits per heavy atom. The van der Waals surface area contributed by atoms with Crippen LogP contribution in [0.25, 0.3) is 0 Å². The molecule has 0 fully saturated rings. The number of alkyl halides is 2. The van der Waals surface area contributed by atoms with Crippen molar-refractivity contribution in [3.63, 3.8) is 0 Å². The van der Waals surface area contributed by atoms with Gasteiger partial charge in [-0.2, -0.15) is 8.78 Å². The fourth-order valence-electron chi connectivity index (χ4n) is 1.55. The summed E-state index contributed by atoms with van der Waals surface area (Å²) in [5.41, 5.74) is -0.404. The van der Waals surface area contributed by atoms with E-state index in [9.17, 15) is 18.4 Å². The Morgan fingerprint density at radius 3 is 1.84 bits per heavy atom.